The van der Waals surface area contributed by atoms with Crippen molar-refractivity contribution in [3.05, 3.63) is 20.3 Å². The van der Waals surface area contributed by atoms with E-state index in [1.807, 2.05) is 24.1 Å². The molecule has 0 aromatic carbocycles. The average molecular weight is 393 g/mol. The first-order valence-electron chi connectivity index (χ1n) is 6.30. The number of thioether (sulfide) groups is 1. The lowest BCUT2D eigenvalue weighted by molar-refractivity contribution is 0.0724. The first-order chi connectivity index (χ1) is 9.39. The SMILES string of the molecule is CSC1(C(N)=S)CCN(C(=O)c2cc(C)c(Br)s2)CC1. The summed E-state index contributed by atoms with van der Waals surface area (Å²) in [6, 6.07) is 1.95. The minimum Gasteiger partial charge on any atom is -0.392 e. The zero-order valence-corrected chi connectivity index (χ0v) is 15.5. The molecule has 7 heteroatoms. The highest BCUT2D eigenvalue weighted by Crippen LogP contribution is 2.36. The van der Waals surface area contributed by atoms with Crippen molar-refractivity contribution in [2.45, 2.75) is 24.5 Å². The molecule has 2 N–H and O–H groups in total. The maximum absolute atomic E-state index is 12.5. The Morgan fingerprint density at radius 2 is 2.15 bits per heavy atom. The third kappa shape index (κ3) is 3.05. The predicted molar refractivity (Wildman–Crippen MR) is 94.9 cm³/mol. The second-order valence-corrected chi connectivity index (χ2v) is 8.92. The number of halogens is 1. The fourth-order valence-corrected chi connectivity index (χ4v) is 5.09. The number of nitrogens with two attached hydrogens (primary N) is 1. The van der Waals surface area contributed by atoms with Crippen LogP contribution in [0.4, 0.5) is 0 Å². The van der Waals surface area contributed by atoms with Crippen LogP contribution >= 0.6 is 51.2 Å². The standard InChI is InChI=1S/C13H17BrN2OS3/c1-8-7-9(20-10(8)14)11(17)16-5-3-13(19-2,4-6-16)12(15)18/h7H,3-6H2,1-2H3,(H2,15,18). The van der Waals surface area contributed by atoms with E-state index in [1.165, 1.54) is 11.3 Å². The minimum atomic E-state index is -0.141. The van der Waals surface area contributed by atoms with Gasteiger partial charge in [0.25, 0.3) is 5.91 Å². The molecule has 1 aromatic rings. The molecule has 0 spiro atoms. The molecule has 0 aliphatic carbocycles. The van der Waals surface area contributed by atoms with Crippen LogP contribution in [0.25, 0.3) is 0 Å². The van der Waals surface area contributed by atoms with Crippen LogP contribution in [-0.2, 0) is 0 Å². The number of thiophene rings is 1. The van der Waals surface area contributed by atoms with Gasteiger partial charge in [-0.15, -0.1) is 11.3 Å². The van der Waals surface area contributed by atoms with E-state index in [4.69, 9.17) is 18.0 Å². The fraction of sp³-hybridized carbons (Fsp3) is 0.538. The molecule has 20 heavy (non-hydrogen) atoms. The van der Waals surface area contributed by atoms with Crippen molar-refractivity contribution in [3.63, 3.8) is 0 Å². The summed E-state index contributed by atoms with van der Waals surface area (Å²) >= 11 is 11.9. The zero-order valence-electron chi connectivity index (χ0n) is 11.4. The van der Waals surface area contributed by atoms with Gasteiger partial charge in [0.2, 0.25) is 0 Å². The summed E-state index contributed by atoms with van der Waals surface area (Å²) < 4.78 is 0.886. The lowest BCUT2D eigenvalue weighted by Gasteiger charge is -2.39. The van der Waals surface area contributed by atoms with Crippen molar-refractivity contribution in [1.29, 1.82) is 0 Å². The Morgan fingerprint density at radius 3 is 2.55 bits per heavy atom. The number of thiocarbonyl (C=S) groups is 1. The van der Waals surface area contributed by atoms with E-state index < -0.39 is 0 Å². The lowest BCUT2D eigenvalue weighted by Crippen LogP contribution is -2.50. The van der Waals surface area contributed by atoms with Crippen LogP contribution in [0.5, 0.6) is 0 Å². The molecular formula is C13H17BrN2OS3. The highest BCUT2D eigenvalue weighted by Gasteiger charge is 2.38. The molecule has 110 valence electrons. The van der Waals surface area contributed by atoms with Crippen molar-refractivity contribution < 1.29 is 4.79 Å². The number of hydrogen-bond donors (Lipinski definition) is 1. The molecule has 1 fully saturated rings. The summed E-state index contributed by atoms with van der Waals surface area (Å²) in [4.78, 5) is 15.7. The topological polar surface area (TPSA) is 46.3 Å². The quantitative estimate of drug-likeness (QED) is 0.800. The Bertz CT molecular complexity index is 516. The summed E-state index contributed by atoms with van der Waals surface area (Å²) in [7, 11) is 0. The van der Waals surface area contributed by atoms with E-state index in [9.17, 15) is 4.79 Å². The number of hydrogen-bond acceptors (Lipinski definition) is 4. The number of piperidine rings is 1. The molecule has 2 heterocycles. The smallest absolute Gasteiger partial charge is 0.263 e. The van der Waals surface area contributed by atoms with E-state index in [0.29, 0.717) is 18.1 Å². The first kappa shape index (κ1) is 16.3. The van der Waals surface area contributed by atoms with Crippen LogP contribution in [0.15, 0.2) is 9.85 Å². The van der Waals surface area contributed by atoms with Gasteiger partial charge in [0, 0.05) is 13.1 Å². The Kier molecular flexibility index (Phi) is 5.15. The second-order valence-electron chi connectivity index (χ2n) is 4.92. The molecule has 3 nitrogen and oxygen atoms in total. The third-order valence-corrected chi connectivity index (χ3v) is 7.82. The summed E-state index contributed by atoms with van der Waals surface area (Å²) in [5, 5.41) is 0. The Balaban J connectivity index is 2.07. The monoisotopic (exact) mass is 392 g/mol. The minimum absolute atomic E-state index is 0.112. The number of nitrogens with zero attached hydrogens (tertiary/aromatic N) is 1. The highest BCUT2D eigenvalue weighted by molar-refractivity contribution is 9.11. The maximum Gasteiger partial charge on any atom is 0.263 e. The van der Waals surface area contributed by atoms with Crippen LogP contribution in [0, 0.1) is 6.92 Å². The largest absolute Gasteiger partial charge is 0.392 e. The van der Waals surface area contributed by atoms with E-state index in [-0.39, 0.29) is 10.7 Å². The second kappa shape index (κ2) is 6.34. The van der Waals surface area contributed by atoms with Gasteiger partial charge in [0.1, 0.15) is 0 Å². The zero-order chi connectivity index (χ0) is 14.9. The summed E-state index contributed by atoms with van der Waals surface area (Å²) in [5.41, 5.74) is 6.98. The van der Waals surface area contributed by atoms with Crippen LogP contribution in [0.2, 0.25) is 0 Å². The summed E-state index contributed by atoms with van der Waals surface area (Å²) in [6.45, 7) is 3.43. The summed E-state index contributed by atoms with van der Waals surface area (Å²) in [6.07, 6.45) is 3.71. The number of aryl methyl sites for hydroxylation is 1. The molecule has 0 atom stereocenters. The lowest BCUT2D eigenvalue weighted by atomic mass is 9.95. The van der Waals surface area contributed by atoms with Crippen molar-refractivity contribution in [2.75, 3.05) is 19.3 Å². The Labute approximate surface area is 141 Å². The van der Waals surface area contributed by atoms with Gasteiger partial charge in [-0.3, -0.25) is 4.79 Å². The van der Waals surface area contributed by atoms with E-state index in [1.54, 1.807) is 11.8 Å². The Hall–Kier alpha value is -0.110. The van der Waals surface area contributed by atoms with Gasteiger partial charge < -0.3 is 10.6 Å². The molecule has 1 amide bonds. The van der Waals surface area contributed by atoms with Crippen molar-refractivity contribution in [1.82, 2.24) is 4.90 Å². The predicted octanol–water partition coefficient (Wildman–Crippen LogP) is 3.44. The van der Waals surface area contributed by atoms with Gasteiger partial charge in [-0.2, -0.15) is 11.8 Å². The molecule has 0 radical (unpaired) electrons. The van der Waals surface area contributed by atoms with Gasteiger partial charge in [-0.25, -0.2) is 0 Å². The molecule has 2 rings (SSSR count). The van der Waals surface area contributed by atoms with Gasteiger partial charge in [0.15, 0.2) is 0 Å². The maximum atomic E-state index is 12.5. The van der Waals surface area contributed by atoms with Gasteiger partial charge >= 0.3 is 0 Å². The number of amides is 1. The summed E-state index contributed by atoms with van der Waals surface area (Å²) in [5.74, 6) is 0.112. The molecule has 1 aliphatic heterocycles. The van der Waals surface area contributed by atoms with E-state index in [0.717, 1.165) is 27.1 Å². The Morgan fingerprint density at radius 1 is 1.55 bits per heavy atom. The van der Waals surface area contributed by atoms with Crippen molar-refractivity contribution in [2.24, 2.45) is 5.73 Å². The first-order valence-corrected chi connectivity index (χ1v) is 9.54. The van der Waals surface area contributed by atoms with Gasteiger partial charge in [-0.1, -0.05) is 12.2 Å². The van der Waals surface area contributed by atoms with Crippen LogP contribution in [0.3, 0.4) is 0 Å². The molecule has 1 aromatic heterocycles. The average Bonchev–Trinajstić information content (AvgIpc) is 2.78. The number of rotatable bonds is 3. The number of carbonyl (C=O) groups excluding carboxylic acids is 1. The van der Waals surface area contributed by atoms with Crippen molar-refractivity contribution >= 4 is 62.1 Å². The van der Waals surface area contributed by atoms with E-state index in [2.05, 4.69) is 15.9 Å². The molecule has 1 saturated heterocycles. The fourth-order valence-electron chi connectivity index (χ4n) is 2.34. The van der Waals surface area contributed by atoms with E-state index >= 15 is 0 Å². The van der Waals surface area contributed by atoms with Gasteiger partial charge in [0.05, 0.1) is 18.4 Å². The van der Waals surface area contributed by atoms with Gasteiger partial charge in [-0.05, 0) is 53.6 Å². The van der Waals surface area contributed by atoms with Crippen LogP contribution in [0.1, 0.15) is 28.1 Å². The molecule has 0 saturated carbocycles. The number of carbonyl (C=O) groups is 1. The molecule has 1 aliphatic rings. The number of likely N-dealkylation sites (tertiary alicyclic amines) is 1. The highest BCUT2D eigenvalue weighted by atomic mass is 79.9. The molecule has 0 bridgehead atoms. The normalized spacial score (nSPS) is 18.1. The molecule has 0 unspecified atom stereocenters. The third-order valence-electron chi connectivity index (χ3n) is 3.77. The van der Waals surface area contributed by atoms with Crippen LogP contribution in [-0.4, -0.2) is 39.9 Å². The van der Waals surface area contributed by atoms with Crippen molar-refractivity contribution in [3.8, 4) is 0 Å². The van der Waals surface area contributed by atoms with Crippen LogP contribution < -0.4 is 5.73 Å². The molecular weight excluding hydrogens is 376 g/mol.